The Hall–Kier alpha value is -1.06. The van der Waals surface area contributed by atoms with E-state index in [0.717, 1.165) is 12.8 Å². The number of rotatable bonds is 5. The van der Waals surface area contributed by atoms with Crippen LogP contribution in [0, 0.1) is 10.8 Å². The second-order valence-corrected chi connectivity index (χ2v) is 6.28. The molecule has 4 heteroatoms. The highest BCUT2D eigenvalue weighted by Crippen LogP contribution is 2.44. The molecule has 1 saturated carbocycles. The first-order valence-electron chi connectivity index (χ1n) is 6.25. The van der Waals surface area contributed by atoms with Gasteiger partial charge in [-0.25, -0.2) is 0 Å². The molecule has 1 rings (SSSR count). The van der Waals surface area contributed by atoms with E-state index in [2.05, 4.69) is 26.1 Å². The number of nitrogens with one attached hydrogen (secondary N) is 1. The van der Waals surface area contributed by atoms with E-state index in [4.69, 9.17) is 5.11 Å². The first-order chi connectivity index (χ1) is 7.75. The minimum Gasteiger partial charge on any atom is -0.481 e. The molecule has 1 amide bonds. The lowest BCUT2D eigenvalue weighted by Crippen LogP contribution is -2.42. The molecular weight excluding hydrogens is 218 g/mol. The van der Waals surface area contributed by atoms with Crippen LogP contribution in [0.15, 0.2) is 0 Å². The van der Waals surface area contributed by atoms with Crippen LogP contribution in [0.25, 0.3) is 0 Å². The molecule has 0 saturated heterocycles. The summed E-state index contributed by atoms with van der Waals surface area (Å²) in [6.07, 6.45) is 3.22. The van der Waals surface area contributed by atoms with Gasteiger partial charge < -0.3 is 10.4 Å². The minimum atomic E-state index is -0.824. The maximum atomic E-state index is 11.7. The molecule has 2 N–H and O–H groups in total. The number of carboxylic acid groups (broad SMARTS) is 1. The summed E-state index contributed by atoms with van der Waals surface area (Å²) >= 11 is 0. The lowest BCUT2D eigenvalue weighted by Gasteiger charge is -2.37. The normalized spacial score (nSPS) is 18.3. The smallest absolute Gasteiger partial charge is 0.310 e. The molecule has 0 unspecified atom stereocenters. The Bertz CT molecular complexity index is 300. The van der Waals surface area contributed by atoms with Crippen LogP contribution >= 0.6 is 0 Å². The summed E-state index contributed by atoms with van der Waals surface area (Å²) in [5, 5.41) is 11.9. The Labute approximate surface area is 103 Å². The fourth-order valence-electron chi connectivity index (χ4n) is 2.02. The van der Waals surface area contributed by atoms with Gasteiger partial charge in [0.1, 0.15) is 0 Å². The zero-order valence-corrected chi connectivity index (χ0v) is 11.0. The van der Waals surface area contributed by atoms with Crippen molar-refractivity contribution in [3.05, 3.63) is 0 Å². The Morgan fingerprint density at radius 2 is 1.88 bits per heavy atom. The summed E-state index contributed by atoms with van der Waals surface area (Å²) in [5.74, 6) is -0.953. The molecule has 4 nitrogen and oxygen atoms in total. The van der Waals surface area contributed by atoms with E-state index < -0.39 is 11.4 Å². The Morgan fingerprint density at radius 1 is 1.29 bits per heavy atom. The van der Waals surface area contributed by atoms with Crippen molar-refractivity contribution in [2.75, 3.05) is 6.54 Å². The van der Waals surface area contributed by atoms with Crippen LogP contribution in [0.1, 0.15) is 52.9 Å². The van der Waals surface area contributed by atoms with Crippen molar-refractivity contribution in [3.63, 3.8) is 0 Å². The highest BCUT2D eigenvalue weighted by Gasteiger charge is 2.45. The maximum Gasteiger partial charge on any atom is 0.310 e. The zero-order valence-electron chi connectivity index (χ0n) is 11.0. The van der Waals surface area contributed by atoms with E-state index >= 15 is 0 Å². The molecule has 1 aliphatic rings. The van der Waals surface area contributed by atoms with Gasteiger partial charge in [-0.1, -0.05) is 27.2 Å². The number of amides is 1. The molecule has 1 fully saturated rings. The molecule has 0 radical (unpaired) electrons. The molecule has 0 aromatic rings. The summed E-state index contributed by atoms with van der Waals surface area (Å²) in [7, 11) is 0. The number of carboxylic acids is 1. The van der Waals surface area contributed by atoms with Gasteiger partial charge in [-0.15, -0.1) is 0 Å². The van der Waals surface area contributed by atoms with E-state index in [1.54, 1.807) is 0 Å². The minimum absolute atomic E-state index is 0.128. The van der Waals surface area contributed by atoms with Crippen LogP contribution < -0.4 is 5.32 Å². The lowest BCUT2D eigenvalue weighted by atomic mass is 9.66. The first kappa shape index (κ1) is 14.0. The Morgan fingerprint density at radius 3 is 2.24 bits per heavy atom. The first-order valence-corrected chi connectivity index (χ1v) is 6.25. The summed E-state index contributed by atoms with van der Waals surface area (Å²) < 4.78 is 0. The number of carbonyl (C=O) groups is 2. The third kappa shape index (κ3) is 4.02. The lowest BCUT2D eigenvalue weighted by molar-refractivity contribution is -0.157. The number of carbonyl (C=O) groups excluding carboxylic acids is 1. The van der Waals surface area contributed by atoms with Gasteiger partial charge in [0.05, 0.1) is 5.41 Å². The van der Waals surface area contributed by atoms with Crippen LogP contribution in [0.2, 0.25) is 0 Å². The van der Waals surface area contributed by atoms with Crippen molar-refractivity contribution in [2.24, 2.45) is 10.8 Å². The largest absolute Gasteiger partial charge is 0.481 e. The maximum absolute atomic E-state index is 11.7. The molecule has 0 heterocycles. The molecule has 0 bridgehead atoms. The van der Waals surface area contributed by atoms with E-state index in [-0.39, 0.29) is 17.7 Å². The van der Waals surface area contributed by atoms with Crippen molar-refractivity contribution < 1.29 is 14.7 Å². The van der Waals surface area contributed by atoms with E-state index in [1.165, 1.54) is 0 Å². The van der Waals surface area contributed by atoms with E-state index in [1.807, 2.05) is 0 Å². The van der Waals surface area contributed by atoms with Gasteiger partial charge >= 0.3 is 5.97 Å². The van der Waals surface area contributed by atoms with E-state index in [0.29, 0.717) is 19.4 Å². The summed E-state index contributed by atoms with van der Waals surface area (Å²) in [6, 6.07) is 0. The number of aliphatic carboxylic acids is 1. The van der Waals surface area contributed by atoms with Gasteiger partial charge in [0.2, 0.25) is 5.91 Å². The quantitative estimate of drug-likeness (QED) is 0.775. The average molecular weight is 241 g/mol. The molecule has 17 heavy (non-hydrogen) atoms. The monoisotopic (exact) mass is 241 g/mol. The molecule has 0 atom stereocenters. The van der Waals surface area contributed by atoms with Crippen LogP contribution in [-0.4, -0.2) is 23.5 Å². The van der Waals surface area contributed by atoms with Crippen molar-refractivity contribution in [1.82, 2.24) is 5.32 Å². The number of hydrogen-bond acceptors (Lipinski definition) is 2. The van der Waals surface area contributed by atoms with Gasteiger partial charge in [-0.3, -0.25) is 9.59 Å². The van der Waals surface area contributed by atoms with Gasteiger partial charge in [-0.2, -0.15) is 0 Å². The summed E-state index contributed by atoms with van der Waals surface area (Å²) in [5.41, 5.74) is -0.583. The third-order valence-electron chi connectivity index (χ3n) is 3.46. The van der Waals surface area contributed by atoms with E-state index in [9.17, 15) is 9.59 Å². The van der Waals surface area contributed by atoms with Crippen molar-refractivity contribution >= 4 is 11.9 Å². The summed E-state index contributed by atoms with van der Waals surface area (Å²) in [6.45, 7) is 6.97. The Balaban J connectivity index is 2.32. The Kier molecular flexibility index (Phi) is 4.17. The van der Waals surface area contributed by atoms with Crippen molar-refractivity contribution in [3.8, 4) is 0 Å². The van der Waals surface area contributed by atoms with Crippen molar-refractivity contribution in [2.45, 2.75) is 52.9 Å². The van der Waals surface area contributed by atoms with Gasteiger partial charge in [0.25, 0.3) is 0 Å². The van der Waals surface area contributed by atoms with Crippen LogP contribution in [0.4, 0.5) is 0 Å². The number of hydrogen-bond donors (Lipinski definition) is 2. The highest BCUT2D eigenvalue weighted by molar-refractivity contribution is 5.85. The standard InChI is InChI=1S/C13H23NO3/c1-12(2,3)7-8-14-10(15)9-13(11(16)17)5-4-6-13/h4-9H2,1-3H3,(H,14,15)(H,16,17). The molecule has 0 aliphatic heterocycles. The highest BCUT2D eigenvalue weighted by atomic mass is 16.4. The van der Waals surface area contributed by atoms with Crippen molar-refractivity contribution in [1.29, 1.82) is 0 Å². The molecule has 0 spiro atoms. The van der Waals surface area contributed by atoms with Crippen LogP contribution in [-0.2, 0) is 9.59 Å². The molecule has 98 valence electrons. The second-order valence-electron chi connectivity index (χ2n) is 6.28. The van der Waals surface area contributed by atoms with Gasteiger partial charge in [0, 0.05) is 13.0 Å². The van der Waals surface area contributed by atoms with Crippen LogP contribution in [0.5, 0.6) is 0 Å². The molecule has 0 aromatic carbocycles. The fraction of sp³-hybridized carbons (Fsp3) is 0.846. The van der Waals surface area contributed by atoms with Gasteiger partial charge in [-0.05, 0) is 24.7 Å². The topological polar surface area (TPSA) is 66.4 Å². The average Bonchev–Trinajstić information content (AvgIpc) is 2.08. The second kappa shape index (κ2) is 5.07. The molecular formula is C13H23NO3. The van der Waals surface area contributed by atoms with Crippen LogP contribution in [0.3, 0.4) is 0 Å². The molecule has 1 aliphatic carbocycles. The molecule has 0 aromatic heterocycles. The summed E-state index contributed by atoms with van der Waals surface area (Å²) in [4.78, 5) is 22.8. The fourth-order valence-corrected chi connectivity index (χ4v) is 2.02. The predicted molar refractivity (Wildman–Crippen MR) is 65.6 cm³/mol. The van der Waals surface area contributed by atoms with Gasteiger partial charge in [0.15, 0.2) is 0 Å². The SMILES string of the molecule is CC(C)(C)CCNC(=O)CC1(C(=O)O)CCC1. The predicted octanol–water partition coefficient (Wildman–Crippen LogP) is 2.18. The third-order valence-corrected chi connectivity index (χ3v) is 3.46. The zero-order chi connectivity index (χ0) is 13.1.